The number of halogens is 3. The number of amides is 1. The highest BCUT2D eigenvalue weighted by Gasteiger charge is 2.49. The van der Waals surface area contributed by atoms with E-state index in [1.54, 1.807) is 0 Å². The van der Waals surface area contributed by atoms with Gasteiger partial charge in [0, 0.05) is 5.56 Å². The van der Waals surface area contributed by atoms with Crippen LogP contribution < -0.4 is 10.1 Å². The van der Waals surface area contributed by atoms with Gasteiger partial charge in [-0.05, 0) is 24.6 Å². The van der Waals surface area contributed by atoms with Crippen molar-refractivity contribution in [2.75, 3.05) is 0 Å². The molecule has 1 N–H and O–H groups in total. The zero-order valence-corrected chi connectivity index (χ0v) is 10.1. The molecule has 0 saturated carbocycles. The average Bonchev–Trinajstić information content (AvgIpc) is 2.81. The van der Waals surface area contributed by atoms with Gasteiger partial charge in [-0.15, -0.1) is 0 Å². The van der Waals surface area contributed by atoms with Crippen molar-refractivity contribution in [3.8, 4) is 5.75 Å². The molecule has 1 aromatic rings. The van der Waals surface area contributed by atoms with Gasteiger partial charge in [-0.1, -0.05) is 6.92 Å². The summed E-state index contributed by atoms with van der Waals surface area (Å²) in [5, 5.41) is 2.68. The van der Waals surface area contributed by atoms with Crippen LogP contribution in [0.3, 0.4) is 0 Å². The number of benzene rings is 1. The van der Waals surface area contributed by atoms with E-state index >= 15 is 0 Å². The molecule has 2 aliphatic heterocycles. The maximum atomic E-state index is 12.7. The molecule has 0 radical (unpaired) electrons. The fraction of sp³-hybridized carbons (Fsp3) is 0.462. The third-order valence-corrected chi connectivity index (χ3v) is 3.77. The fourth-order valence-electron chi connectivity index (χ4n) is 2.86. The van der Waals surface area contributed by atoms with Gasteiger partial charge in [-0.25, -0.2) is 0 Å². The first-order valence-corrected chi connectivity index (χ1v) is 6.10. The molecule has 0 aliphatic carbocycles. The molecule has 0 bridgehead atoms. The minimum absolute atomic E-state index is 0.152. The predicted octanol–water partition coefficient (Wildman–Crippen LogP) is 2.66. The molecule has 1 amide bonds. The Morgan fingerprint density at radius 2 is 2.11 bits per heavy atom. The number of carbonyl (C=O) groups excluding carboxylic acids is 1. The molecule has 1 aromatic carbocycles. The first kappa shape index (κ1) is 12.3. The van der Waals surface area contributed by atoms with Gasteiger partial charge in [0.2, 0.25) is 5.91 Å². The van der Waals surface area contributed by atoms with Gasteiger partial charge in [0.1, 0.15) is 5.75 Å². The molecule has 2 heterocycles. The Morgan fingerprint density at radius 1 is 1.37 bits per heavy atom. The number of ether oxygens (including phenoxy) is 1. The Labute approximate surface area is 107 Å². The van der Waals surface area contributed by atoms with E-state index in [1.807, 2.05) is 6.92 Å². The first-order chi connectivity index (χ1) is 8.91. The summed E-state index contributed by atoms with van der Waals surface area (Å²) < 4.78 is 43.7. The third-order valence-electron chi connectivity index (χ3n) is 3.77. The molecule has 3 unspecified atom stereocenters. The second-order valence-corrected chi connectivity index (χ2v) is 4.84. The summed E-state index contributed by atoms with van der Waals surface area (Å²) in [6.45, 7) is 1.85. The first-order valence-electron chi connectivity index (χ1n) is 6.10. The zero-order valence-electron chi connectivity index (χ0n) is 10.1. The summed E-state index contributed by atoms with van der Waals surface area (Å²) in [6.07, 6.45) is -4.34. The summed E-state index contributed by atoms with van der Waals surface area (Å²) in [6, 6.07) is 3.43. The molecule has 102 valence electrons. The van der Waals surface area contributed by atoms with Crippen molar-refractivity contribution in [3.63, 3.8) is 0 Å². The van der Waals surface area contributed by atoms with Crippen molar-refractivity contribution in [2.45, 2.75) is 31.7 Å². The smallest absolute Gasteiger partial charge is 0.416 e. The molecule has 6 heteroatoms. The predicted molar refractivity (Wildman–Crippen MR) is 60.5 cm³/mol. The van der Waals surface area contributed by atoms with E-state index < -0.39 is 18.0 Å². The number of hydrogen-bond donors (Lipinski definition) is 1. The van der Waals surface area contributed by atoms with Crippen LogP contribution in [0.15, 0.2) is 18.2 Å². The lowest BCUT2D eigenvalue weighted by molar-refractivity contribution is -0.137. The van der Waals surface area contributed by atoms with Gasteiger partial charge in [0.05, 0.1) is 17.4 Å². The molecule has 1 saturated heterocycles. The van der Waals surface area contributed by atoms with E-state index in [-0.39, 0.29) is 17.7 Å². The van der Waals surface area contributed by atoms with Crippen LogP contribution in [0.2, 0.25) is 0 Å². The molecular weight excluding hydrogens is 259 g/mol. The number of nitrogens with one attached hydrogen (secondary N) is 1. The quantitative estimate of drug-likeness (QED) is 0.852. The average molecular weight is 271 g/mol. The molecule has 3 rings (SSSR count). The standard InChI is InChI=1S/C13H12F3NO2/c1-2-7-10-8-5-6(13(14,15)16)3-4-9(8)19-12(10)17-11(7)18/h3-5,7,10,12H,2H2,1H3,(H,17,18). The van der Waals surface area contributed by atoms with Crippen molar-refractivity contribution >= 4 is 5.91 Å². The van der Waals surface area contributed by atoms with Crippen molar-refractivity contribution in [1.29, 1.82) is 0 Å². The molecule has 3 nitrogen and oxygen atoms in total. The van der Waals surface area contributed by atoms with Gasteiger partial charge in [-0.2, -0.15) is 13.2 Å². The third kappa shape index (κ3) is 1.77. The van der Waals surface area contributed by atoms with Crippen molar-refractivity contribution in [1.82, 2.24) is 5.32 Å². The molecule has 3 atom stereocenters. The summed E-state index contributed by atoms with van der Waals surface area (Å²) in [5.74, 6) is -0.369. The van der Waals surface area contributed by atoms with Crippen molar-refractivity contribution in [2.24, 2.45) is 5.92 Å². The van der Waals surface area contributed by atoms with Crippen LogP contribution in [0.5, 0.6) is 5.75 Å². The Bertz CT molecular complexity index is 541. The second-order valence-electron chi connectivity index (χ2n) is 4.84. The lowest BCUT2D eigenvalue weighted by Gasteiger charge is -2.14. The molecule has 0 aromatic heterocycles. The molecule has 2 aliphatic rings. The van der Waals surface area contributed by atoms with E-state index in [0.717, 1.165) is 12.1 Å². The normalized spacial score (nSPS) is 28.6. The van der Waals surface area contributed by atoms with Crippen molar-refractivity contribution in [3.05, 3.63) is 29.3 Å². The van der Waals surface area contributed by atoms with Crippen LogP contribution in [0.25, 0.3) is 0 Å². The summed E-state index contributed by atoms with van der Waals surface area (Å²) in [7, 11) is 0. The summed E-state index contributed by atoms with van der Waals surface area (Å²) >= 11 is 0. The van der Waals surface area contributed by atoms with Crippen LogP contribution in [0.1, 0.15) is 30.4 Å². The van der Waals surface area contributed by atoms with Crippen LogP contribution in [0.4, 0.5) is 13.2 Å². The number of rotatable bonds is 1. The molecular formula is C13H12F3NO2. The lowest BCUT2D eigenvalue weighted by atomic mass is 9.86. The monoisotopic (exact) mass is 271 g/mol. The minimum atomic E-state index is -4.38. The van der Waals surface area contributed by atoms with Crippen LogP contribution in [-0.4, -0.2) is 12.1 Å². The van der Waals surface area contributed by atoms with Gasteiger partial charge in [-0.3, -0.25) is 4.79 Å². The lowest BCUT2D eigenvalue weighted by Crippen LogP contribution is -2.30. The Balaban J connectivity index is 2.04. The topological polar surface area (TPSA) is 38.3 Å². The van der Waals surface area contributed by atoms with Gasteiger partial charge in [0.15, 0.2) is 6.23 Å². The zero-order chi connectivity index (χ0) is 13.8. The molecule has 19 heavy (non-hydrogen) atoms. The van der Waals surface area contributed by atoms with E-state index in [1.165, 1.54) is 6.07 Å². The largest absolute Gasteiger partial charge is 0.470 e. The number of fused-ring (bicyclic) bond motifs is 3. The maximum Gasteiger partial charge on any atom is 0.416 e. The van der Waals surface area contributed by atoms with E-state index in [4.69, 9.17) is 4.74 Å². The highest BCUT2D eigenvalue weighted by molar-refractivity contribution is 5.83. The maximum absolute atomic E-state index is 12.7. The highest BCUT2D eigenvalue weighted by Crippen LogP contribution is 2.47. The summed E-state index contributed by atoms with van der Waals surface area (Å²) in [4.78, 5) is 11.7. The van der Waals surface area contributed by atoms with Crippen LogP contribution in [-0.2, 0) is 11.0 Å². The summed E-state index contributed by atoms with van der Waals surface area (Å²) in [5.41, 5.74) is -0.227. The van der Waals surface area contributed by atoms with Gasteiger partial charge >= 0.3 is 6.18 Å². The number of hydrogen-bond acceptors (Lipinski definition) is 2. The van der Waals surface area contributed by atoms with Gasteiger partial charge < -0.3 is 10.1 Å². The Hall–Kier alpha value is -1.72. The Kier molecular flexibility index (Phi) is 2.52. The number of alkyl halides is 3. The van der Waals surface area contributed by atoms with Crippen LogP contribution in [0, 0.1) is 5.92 Å². The highest BCUT2D eigenvalue weighted by atomic mass is 19.4. The van der Waals surface area contributed by atoms with E-state index in [0.29, 0.717) is 17.7 Å². The molecule has 1 fully saturated rings. The number of carbonyl (C=O) groups is 1. The minimum Gasteiger partial charge on any atom is -0.470 e. The molecule has 0 spiro atoms. The van der Waals surface area contributed by atoms with Crippen LogP contribution >= 0.6 is 0 Å². The second kappa shape index (κ2) is 3.88. The van der Waals surface area contributed by atoms with Crippen molar-refractivity contribution < 1.29 is 22.7 Å². The SMILES string of the molecule is CCC1C(=O)NC2Oc3ccc(C(F)(F)F)cc3C21. The van der Waals surface area contributed by atoms with Gasteiger partial charge in [0.25, 0.3) is 0 Å². The Morgan fingerprint density at radius 3 is 2.74 bits per heavy atom. The van der Waals surface area contributed by atoms with E-state index in [2.05, 4.69) is 5.32 Å². The fourth-order valence-corrected chi connectivity index (χ4v) is 2.86. The van der Waals surface area contributed by atoms with E-state index in [9.17, 15) is 18.0 Å².